The van der Waals surface area contributed by atoms with Crippen molar-refractivity contribution in [3.63, 3.8) is 0 Å². The van der Waals surface area contributed by atoms with E-state index in [1.165, 1.54) is 48.8 Å². The summed E-state index contributed by atoms with van der Waals surface area (Å²) in [5, 5.41) is 2.52. The SMILES string of the molecule is O=C(CCNS(=O)(=O)c1ccccc1F)Nc1ccc(S(=O)(=O)Nc2ncccn2)cc1. The number of halogens is 1. The van der Waals surface area contributed by atoms with E-state index in [1.54, 1.807) is 6.07 Å². The number of carbonyl (C=O) groups excluding carboxylic acids is 1. The maximum atomic E-state index is 13.6. The fourth-order valence-corrected chi connectivity index (χ4v) is 4.58. The van der Waals surface area contributed by atoms with Gasteiger partial charge in [-0.1, -0.05) is 12.1 Å². The van der Waals surface area contributed by atoms with Gasteiger partial charge in [0.05, 0.1) is 4.90 Å². The highest BCUT2D eigenvalue weighted by atomic mass is 32.2. The maximum absolute atomic E-state index is 13.6. The second-order valence-electron chi connectivity index (χ2n) is 6.33. The lowest BCUT2D eigenvalue weighted by atomic mass is 10.3. The third-order valence-electron chi connectivity index (χ3n) is 4.01. The van der Waals surface area contributed by atoms with Crippen molar-refractivity contribution in [2.45, 2.75) is 16.2 Å². The van der Waals surface area contributed by atoms with Crippen molar-refractivity contribution in [1.82, 2.24) is 14.7 Å². The van der Waals surface area contributed by atoms with Gasteiger partial charge in [0.25, 0.3) is 10.0 Å². The molecule has 3 N–H and O–H groups in total. The minimum Gasteiger partial charge on any atom is -0.326 e. The zero-order chi connectivity index (χ0) is 23.2. The largest absolute Gasteiger partial charge is 0.326 e. The molecule has 0 atom stereocenters. The summed E-state index contributed by atoms with van der Waals surface area (Å²) in [6.07, 6.45) is 2.56. The van der Waals surface area contributed by atoms with Gasteiger partial charge in [0.1, 0.15) is 10.7 Å². The number of hydrogen-bond acceptors (Lipinski definition) is 7. The van der Waals surface area contributed by atoms with Gasteiger partial charge in [0.2, 0.25) is 21.9 Å². The predicted molar refractivity (Wildman–Crippen MR) is 114 cm³/mol. The molecule has 1 amide bonds. The first-order valence-corrected chi connectivity index (χ1v) is 12.1. The van der Waals surface area contributed by atoms with E-state index in [0.29, 0.717) is 5.69 Å². The number of anilines is 2. The predicted octanol–water partition coefficient (Wildman–Crippen LogP) is 1.72. The second kappa shape index (κ2) is 9.80. The molecule has 0 bridgehead atoms. The lowest BCUT2D eigenvalue weighted by molar-refractivity contribution is -0.116. The molecule has 0 spiro atoms. The smallest absolute Gasteiger partial charge is 0.264 e. The van der Waals surface area contributed by atoms with Crippen LogP contribution in [0.4, 0.5) is 16.0 Å². The molecule has 0 saturated carbocycles. The molecule has 1 heterocycles. The highest BCUT2D eigenvalue weighted by Crippen LogP contribution is 2.17. The van der Waals surface area contributed by atoms with Crippen LogP contribution in [0.15, 0.2) is 76.8 Å². The number of hydrogen-bond donors (Lipinski definition) is 3. The van der Waals surface area contributed by atoms with Gasteiger partial charge < -0.3 is 5.32 Å². The Labute approximate surface area is 184 Å². The quantitative estimate of drug-likeness (QED) is 0.423. The van der Waals surface area contributed by atoms with Crippen molar-refractivity contribution in [3.05, 3.63) is 72.8 Å². The number of sulfonamides is 2. The molecule has 0 aliphatic carbocycles. The average molecular weight is 480 g/mol. The van der Waals surface area contributed by atoms with Gasteiger partial charge >= 0.3 is 0 Å². The molecule has 3 rings (SSSR count). The van der Waals surface area contributed by atoms with Gasteiger partial charge in [-0.05, 0) is 42.5 Å². The number of nitrogens with one attached hydrogen (secondary N) is 3. The Morgan fingerprint density at radius 2 is 1.53 bits per heavy atom. The van der Waals surface area contributed by atoms with E-state index in [1.807, 2.05) is 0 Å². The lowest BCUT2D eigenvalue weighted by Crippen LogP contribution is -2.28. The van der Waals surface area contributed by atoms with Gasteiger partial charge in [0.15, 0.2) is 0 Å². The molecular formula is C19H18FN5O5S2. The molecule has 0 radical (unpaired) electrons. The van der Waals surface area contributed by atoms with E-state index >= 15 is 0 Å². The third kappa shape index (κ3) is 6.06. The normalized spacial score (nSPS) is 11.7. The van der Waals surface area contributed by atoms with Crippen LogP contribution in [0.3, 0.4) is 0 Å². The Kier molecular flexibility index (Phi) is 7.12. The van der Waals surface area contributed by atoms with Gasteiger partial charge in [0, 0.05) is 31.0 Å². The number of benzene rings is 2. The maximum Gasteiger partial charge on any atom is 0.264 e. The van der Waals surface area contributed by atoms with Crippen LogP contribution in [0.5, 0.6) is 0 Å². The molecule has 2 aromatic carbocycles. The zero-order valence-electron chi connectivity index (χ0n) is 16.4. The minimum atomic E-state index is -4.10. The number of aromatic nitrogens is 2. The molecule has 3 aromatic rings. The Bertz CT molecular complexity index is 1300. The first kappa shape index (κ1) is 23.2. The summed E-state index contributed by atoms with van der Waals surface area (Å²) in [4.78, 5) is 19.1. The summed E-state index contributed by atoms with van der Waals surface area (Å²) in [5.74, 6) is -1.50. The van der Waals surface area contributed by atoms with Crippen molar-refractivity contribution in [2.75, 3.05) is 16.6 Å². The fourth-order valence-electron chi connectivity index (χ4n) is 2.51. The number of amides is 1. The first-order chi connectivity index (χ1) is 15.2. The highest BCUT2D eigenvalue weighted by Gasteiger charge is 2.19. The number of carbonyl (C=O) groups is 1. The summed E-state index contributed by atoms with van der Waals surface area (Å²) >= 11 is 0. The third-order valence-corrected chi connectivity index (χ3v) is 6.85. The zero-order valence-corrected chi connectivity index (χ0v) is 18.0. The fraction of sp³-hybridized carbons (Fsp3) is 0.105. The standard InChI is InChI=1S/C19H18FN5O5S2/c20-16-4-1-2-5-17(16)32(29,30)23-13-10-18(26)24-14-6-8-15(9-7-14)31(27,28)25-19-21-11-3-12-22-19/h1-9,11-12,23H,10,13H2,(H,24,26)(H,21,22,25). The summed E-state index contributed by atoms with van der Waals surface area (Å²) in [7, 11) is -8.01. The van der Waals surface area contributed by atoms with Gasteiger partial charge in [-0.2, -0.15) is 0 Å². The summed E-state index contributed by atoms with van der Waals surface area (Å²) in [5.41, 5.74) is 0.307. The molecular weight excluding hydrogens is 461 g/mol. The Balaban J connectivity index is 1.54. The van der Waals surface area contributed by atoms with Crippen molar-refractivity contribution in [3.8, 4) is 0 Å². The Morgan fingerprint density at radius 3 is 2.19 bits per heavy atom. The van der Waals surface area contributed by atoms with E-state index in [9.17, 15) is 26.0 Å². The molecule has 1 aromatic heterocycles. The van der Waals surface area contributed by atoms with Crippen molar-refractivity contribution in [2.24, 2.45) is 0 Å². The molecule has 32 heavy (non-hydrogen) atoms. The van der Waals surface area contributed by atoms with E-state index < -0.39 is 36.7 Å². The number of rotatable bonds is 9. The van der Waals surface area contributed by atoms with Crippen molar-refractivity contribution >= 4 is 37.6 Å². The topological polar surface area (TPSA) is 147 Å². The highest BCUT2D eigenvalue weighted by molar-refractivity contribution is 7.92. The lowest BCUT2D eigenvalue weighted by Gasteiger charge is -2.09. The molecule has 0 saturated heterocycles. The number of nitrogens with zero attached hydrogens (tertiary/aromatic N) is 2. The molecule has 0 unspecified atom stereocenters. The first-order valence-electron chi connectivity index (χ1n) is 9.11. The van der Waals surface area contributed by atoms with E-state index in [4.69, 9.17) is 0 Å². The van der Waals surface area contributed by atoms with Crippen LogP contribution in [0.1, 0.15) is 6.42 Å². The van der Waals surface area contributed by atoms with Gasteiger partial charge in [-0.15, -0.1) is 0 Å². The van der Waals surface area contributed by atoms with Crippen LogP contribution in [-0.2, 0) is 24.8 Å². The van der Waals surface area contributed by atoms with Crippen LogP contribution in [0.25, 0.3) is 0 Å². The minimum absolute atomic E-state index is 0.0689. The van der Waals surface area contributed by atoms with Crippen molar-refractivity contribution < 1.29 is 26.0 Å². The average Bonchev–Trinajstić information content (AvgIpc) is 2.74. The van der Waals surface area contributed by atoms with Crippen LogP contribution < -0.4 is 14.8 Å². The summed E-state index contributed by atoms with van der Waals surface area (Å²) in [6, 6.07) is 11.7. The molecule has 168 valence electrons. The van der Waals surface area contributed by atoms with Crippen LogP contribution in [0.2, 0.25) is 0 Å². The van der Waals surface area contributed by atoms with E-state index in [-0.39, 0.29) is 23.8 Å². The molecule has 0 fully saturated rings. The molecule has 10 nitrogen and oxygen atoms in total. The van der Waals surface area contributed by atoms with Gasteiger partial charge in [-0.3, -0.25) is 4.79 Å². The van der Waals surface area contributed by atoms with Crippen LogP contribution in [0, 0.1) is 5.82 Å². The molecule has 0 aliphatic heterocycles. The van der Waals surface area contributed by atoms with Crippen LogP contribution >= 0.6 is 0 Å². The van der Waals surface area contributed by atoms with E-state index in [2.05, 4.69) is 24.7 Å². The second-order valence-corrected chi connectivity index (χ2v) is 9.75. The van der Waals surface area contributed by atoms with Crippen molar-refractivity contribution in [1.29, 1.82) is 0 Å². The summed E-state index contributed by atoms with van der Waals surface area (Å²) in [6.45, 7) is -0.254. The van der Waals surface area contributed by atoms with Crippen LogP contribution in [-0.4, -0.2) is 39.3 Å². The van der Waals surface area contributed by atoms with E-state index in [0.717, 1.165) is 12.1 Å². The monoisotopic (exact) mass is 479 g/mol. The molecule has 0 aliphatic rings. The summed E-state index contributed by atoms with van der Waals surface area (Å²) < 4.78 is 66.9. The molecule has 13 heteroatoms. The van der Waals surface area contributed by atoms with Gasteiger partial charge in [-0.25, -0.2) is 40.6 Å². The Morgan fingerprint density at radius 1 is 0.875 bits per heavy atom. The Hall–Kier alpha value is -3.42.